The number of rotatable bonds is 8. The molecule has 1 atom stereocenters. The third-order valence-corrected chi connectivity index (χ3v) is 4.12. The lowest BCUT2D eigenvalue weighted by Crippen LogP contribution is -2.26. The van der Waals surface area contributed by atoms with E-state index in [2.05, 4.69) is 53.8 Å². The molecule has 0 aliphatic heterocycles. The molecule has 0 radical (unpaired) electrons. The number of aryl methyl sites for hydroxylation is 1. The van der Waals surface area contributed by atoms with Gasteiger partial charge in [-0.3, -0.25) is 0 Å². The van der Waals surface area contributed by atoms with Crippen LogP contribution in [0.15, 0.2) is 35.2 Å². The van der Waals surface area contributed by atoms with Crippen LogP contribution in [0.2, 0.25) is 0 Å². The van der Waals surface area contributed by atoms with Crippen molar-refractivity contribution in [1.29, 1.82) is 0 Å². The Morgan fingerprint density at radius 1 is 1.20 bits per heavy atom. The zero-order chi connectivity index (χ0) is 14.2. The highest BCUT2D eigenvalue weighted by atomic mass is 32.1. The number of benzene rings is 1. The molecule has 1 N–H and O–H groups in total. The highest BCUT2D eigenvalue weighted by Crippen LogP contribution is 2.15. The highest BCUT2D eigenvalue weighted by Gasteiger charge is 2.11. The molecule has 3 heteroatoms. The van der Waals surface area contributed by atoms with Crippen LogP contribution in [-0.4, -0.2) is 18.1 Å². The number of thiazole rings is 1. The Kier molecular flexibility index (Phi) is 6.22. The van der Waals surface area contributed by atoms with Gasteiger partial charge in [-0.15, -0.1) is 11.3 Å². The summed E-state index contributed by atoms with van der Waals surface area (Å²) in [5.74, 6) is 0.617. The SMILES string of the molecule is CCCNCC(Cc1ccc(C)cc1)Cc1cscn1. The first-order chi connectivity index (χ1) is 9.78. The molecule has 1 aromatic heterocycles. The van der Waals surface area contributed by atoms with E-state index in [9.17, 15) is 0 Å². The smallest absolute Gasteiger partial charge is 0.0794 e. The largest absolute Gasteiger partial charge is 0.316 e. The summed E-state index contributed by atoms with van der Waals surface area (Å²) in [7, 11) is 0. The van der Waals surface area contributed by atoms with Gasteiger partial charge >= 0.3 is 0 Å². The molecular weight excluding hydrogens is 264 g/mol. The summed E-state index contributed by atoms with van der Waals surface area (Å²) >= 11 is 1.69. The van der Waals surface area contributed by atoms with Crippen LogP contribution in [0.25, 0.3) is 0 Å². The Labute approximate surface area is 126 Å². The van der Waals surface area contributed by atoms with E-state index in [4.69, 9.17) is 0 Å². The minimum atomic E-state index is 0.617. The standard InChI is InChI=1S/C17H24N2S/c1-3-8-18-11-16(10-17-12-20-13-19-17)9-15-6-4-14(2)5-7-15/h4-7,12-13,16,18H,3,8-11H2,1-2H3. The summed E-state index contributed by atoms with van der Waals surface area (Å²) in [6.45, 7) is 6.52. The van der Waals surface area contributed by atoms with Gasteiger partial charge < -0.3 is 5.32 Å². The summed E-state index contributed by atoms with van der Waals surface area (Å²) in [4.78, 5) is 4.43. The van der Waals surface area contributed by atoms with Gasteiger partial charge in [0.1, 0.15) is 0 Å². The Morgan fingerprint density at radius 2 is 2.00 bits per heavy atom. The van der Waals surface area contributed by atoms with Gasteiger partial charge in [0.2, 0.25) is 0 Å². The fraction of sp³-hybridized carbons (Fsp3) is 0.471. The normalized spacial score (nSPS) is 12.5. The van der Waals surface area contributed by atoms with Crippen LogP contribution >= 0.6 is 11.3 Å². The second-order valence-corrected chi connectivity index (χ2v) is 6.16. The predicted molar refractivity (Wildman–Crippen MR) is 87.4 cm³/mol. The first-order valence-electron chi connectivity index (χ1n) is 7.41. The number of aromatic nitrogens is 1. The van der Waals surface area contributed by atoms with Crippen molar-refractivity contribution in [3.8, 4) is 0 Å². The zero-order valence-electron chi connectivity index (χ0n) is 12.4. The molecule has 2 nitrogen and oxygen atoms in total. The average Bonchev–Trinajstić information content (AvgIpc) is 2.94. The Balaban J connectivity index is 1.95. The van der Waals surface area contributed by atoms with E-state index in [0.29, 0.717) is 5.92 Å². The van der Waals surface area contributed by atoms with Gasteiger partial charge in [0.25, 0.3) is 0 Å². The molecule has 0 aliphatic rings. The fourth-order valence-electron chi connectivity index (χ4n) is 2.39. The molecular formula is C17H24N2S. The van der Waals surface area contributed by atoms with Crippen LogP contribution in [0.4, 0.5) is 0 Å². The number of hydrogen-bond acceptors (Lipinski definition) is 3. The molecule has 2 aromatic rings. The molecule has 0 spiro atoms. The van der Waals surface area contributed by atoms with E-state index in [1.165, 1.54) is 23.2 Å². The van der Waals surface area contributed by atoms with Crippen molar-refractivity contribution in [1.82, 2.24) is 10.3 Å². The second-order valence-electron chi connectivity index (χ2n) is 5.44. The van der Waals surface area contributed by atoms with Crippen molar-refractivity contribution in [3.05, 3.63) is 52.0 Å². The van der Waals surface area contributed by atoms with Crippen LogP contribution < -0.4 is 5.32 Å². The quantitative estimate of drug-likeness (QED) is 0.746. The minimum Gasteiger partial charge on any atom is -0.316 e. The molecule has 0 aliphatic carbocycles. The third kappa shape index (κ3) is 5.06. The van der Waals surface area contributed by atoms with Gasteiger partial charge in [0.05, 0.1) is 11.2 Å². The van der Waals surface area contributed by atoms with E-state index < -0.39 is 0 Å². The highest BCUT2D eigenvalue weighted by molar-refractivity contribution is 7.07. The van der Waals surface area contributed by atoms with Crippen molar-refractivity contribution >= 4 is 11.3 Å². The number of nitrogens with one attached hydrogen (secondary N) is 1. The van der Waals surface area contributed by atoms with Gasteiger partial charge in [-0.1, -0.05) is 36.8 Å². The molecule has 108 valence electrons. The summed E-state index contributed by atoms with van der Waals surface area (Å²) in [5, 5.41) is 5.72. The molecule has 2 rings (SSSR count). The lowest BCUT2D eigenvalue weighted by molar-refractivity contribution is 0.467. The zero-order valence-corrected chi connectivity index (χ0v) is 13.2. The van der Waals surface area contributed by atoms with E-state index >= 15 is 0 Å². The summed E-state index contributed by atoms with van der Waals surface area (Å²) in [6.07, 6.45) is 3.37. The topological polar surface area (TPSA) is 24.9 Å². The summed E-state index contributed by atoms with van der Waals surface area (Å²) in [5.41, 5.74) is 5.91. The van der Waals surface area contributed by atoms with Crippen LogP contribution in [0, 0.1) is 12.8 Å². The molecule has 0 fully saturated rings. The summed E-state index contributed by atoms with van der Waals surface area (Å²) < 4.78 is 0. The molecule has 0 amide bonds. The molecule has 0 bridgehead atoms. The molecule has 20 heavy (non-hydrogen) atoms. The van der Waals surface area contributed by atoms with Crippen LogP contribution in [0.5, 0.6) is 0 Å². The number of hydrogen-bond donors (Lipinski definition) is 1. The van der Waals surface area contributed by atoms with Crippen molar-refractivity contribution in [3.63, 3.8) is 0 Å². The maximum Gasteiger partial charge on any atom is 0.0794 e. The first-order valence-corrected chi connectivity index (χ1v) is 8.35. The van der Waals surface area contributed by atoms with E-state index in [1.54, 1.807) is 11.3 Å². The molecule has 1 unspecified atom stereocenters. The molecule has 1 aromatic carbocycles. The van der Waals surface area contributed by atoms with Crippen LogP contribution in [0.3, 0.4) is 0 Å². The van der Waals surface area contributed by atoms with Gasteiger partial charge in [0, 0.05) is 5.38 Å². The fourth-order valence-corrected chi connectivity index (χ4v) is 2.96. The van der Waals surface area contributed by atoms with Crippen molar-refractivity contribution in [2.24, 2.45) is 5.92 Å². The van der Waals surface area contributed by atoms with Crippen LogP contribution in [0.1, 0.15) is 30.2 Å². The van der Waals surface area contributed by atoms with Gasteiger partial charge in [-0.05, 0) is 50.8 Å². The van der Waals surface area contributed by atoms with Gasteiger partial charge in [-0.25, -0.2) is 4.98 Å². The lowest BCUT2D eigenvalue weighted by Gasteiger charge is -2.17. The van der Waals surface area contributed by atoms with Gasteiger partial charge in [0.15, 0.2) is 0 Å². The van der Waals surface area contributed by atoms with Crippen LogP contribution in [-0.2, 0) is 12.8 Å². The van der Waals surface area contributed by atoms with Crippen molar-refractivity contribution in [2.45, 2.75) is 33.1 Å². The first kappa shape index (κ1) is 15.2. The molecule has 1 heterocycles. The Bertz CT molecular complexity index is 476. The Morgan fingerprint density at radius 3 is 2.65 bits per heavy atom. The summed E-state index contributed by atoms with van der Waals surface area (Å²) in [6, 6.07) is 8.91. The monoisotopic (exact) mass is 288 g/mol. The molecule has 0 saturated heterocycles. The lowest BCUT2D eigenvalue weighted by atomic mass is 9.94. The van der Waals surface area contributed by atoms with E-state index in [-0.39, 0.29) is 0 Å². The molecule has 0 saturated carbocycles. The maximum absolute atomic E-state index is 4.43. The maximum atomic E-state index is 4.43. The average molecular weight is 288 g/mol. The second kappa shape index (κ2) is 8.18. The Hall–Kier alpha value is -1.19. The van der Waals surface area contributed by atoms with E-state index in [1.807, 2.05) is 5.51 Å². The van der Waals surface area contributed by atoms with Gasteiger partial charge in [-0.2, -0.15) is 0 Å². The minimum absolute atomic E-state index is 0.617. The predicted octanol–water partition coefficient (Wildman–Crippen LogP) is 3.85. The van der Waals surface area contributed by atoms with Crippen molar-refractivity contribution in [2.75, 3.05) is 13.1 Å². The number of nitrogens with zero attached hydrogens (tertiary/aromatic N) is 1. The van der Waals surface area contributed by atoms with Crippen molar-refractivity contribution < 1.29 is 0 Å². The van der Waals surface area contributed by atoms with E-state index in [0.717, 1.165) is 25.9 Å². The third-order valence-electron chi connectivity index (χ3n) is 3.49.